The maximum atomic E-state index is 5.86. The van der Waals surface area contributed by atoms with Crippen LogP contribution in [0.2, 0.25) is 0 Å². The molecule has 4 aromatic heterocycles. The molecule has 0 saturated carbocycles. The second-order valence-electron chi connectivity index (χ2n) is 5.09. The zero-order valence-electron chi connectivity index (χ0n) is 11.8. The molecule has 0 atom stereocenters. The summed E-state index contributed by atoms with van der Waals surface area (Å²) in [7, 11) is 0. The van der Waals surface area contributed by atoms with Crippen molar-refractivity contribution in [1.29, 1.82) is 0 Å². The van der Waals surface area contributed by atoms with Crippen LogP contribution < -0.4 is 0 Å². The first-order valence-corrected chi connectivity index (χ1v) is 7.10. The van der Waals surface area contributed by atoms with Gasteiger partial charge >= 0.3 is 0 Å². The van der Waals surface area contributed by atoms with Gasteiger partial charge in [0.2, 0.25) is 5.71 Å². The van der Waals surface area contributed by atoms with Gasteiger partial charge in [-0.15, -0.1) is 0 Å². The molecule has 6 nitrogen and oxygen atoms in total. The number of nitrogens with zero attached hydrogens (tertiary/aromatic N) is 5. The Balaban J connectivity index is 1.93. The molecule has 0 bridgehead atoms. The molecule has 5 rings (SSSR count). The second-order valence-corrected chi connectivity index (χ2v) is 5.09. The summed E-state index contributed by atoms with van der Waals surface area (Å²) in [4.78, 5) is 21.7. The van der Waals surface area contributed by atoms with E-state index in [-0.39, 0.29) is 0 Å². The third kappa shape index (κ3) is 1.72. The fourth-order valence-corrected chi connectivity index (χ4v) is 2.79. The van der Waals surface area contributed by atoms with Crippen LogP contribution in [-0.2, 0) is 0 Å². The minimum absolute atomic E-state index is 0.456. The minimum Gasteiger partial charge on any atom is -0.432 e. The van der Waals surface area contributed by atoms with Crippen molar-refractivity contribution in [3.63, 3.8) is 0 Å². The molecule has 108 valence electrons. The van der Waals surface area contributed by atoms with Crippen LogP contribution in [-0.4, -0.2) is 24.9 Å². The number of pyridine rings is 1. The molecule has 0 spiro atoms. The van der Waals surface area contributed by atoms with E-state index in [4.69, 9.17) is 4.42 Å². The van der Waals surface area contributed by atoms with Crippen molar-refractivity contribution in [2.24, 2.45) is 0 Å². The lowest BCUT2D eigenvalue weighted by Crippen LogP contribution is -1.89. The van der Waals surface area contributed by atoms with E-state index in [1.54, 1.807) is 18.6 Å². The van der Waals surface area contributed by atoms with E-state index in [9.17, 15) is 0 Å². The summed E-state index contributed by atoms with van der Waals surface area (Å²) in [6.45, 7) is 0. The fourth-order valence-electron chi connectivity index (χ4n) is 2.79. The van der Waals surface area contributed by atoms with Gasteiger partial charge in [0.25, 0.3) is 0 Å². The Morgan fingerprint density at radius 3 is 2.57 bits per heavy atom. The first-order valence-electron chi connectivity index (χ1n) is 7.10. The average molecular weight is 299 g/mol. The van der Waals surface area contributed by atoms with E-state index in [1.165, 1.54) is 6.33 Å². The minimum atomic E-state index is 0.456. The summed E-state index contributed by atoms with van der Waals surface area (Å²) in [5, 5.41) is 1.05. The summed E-state index contributed by atoms with van der Waals surface area (Å²) in [6.07, 6.45) is 6.50. The first-order chi connectivity index (χ1) is 11.4. The van der Waals surface area contributed by atoms with Gasteiger partial charge in [-0.1, -0.05) is 24.3 Å². The van der Waals surface area contributed by atoms with Gasteiger partial charge in [0.15, 0.2) is 11.1 Å². The van der Waals surface area contributed by atoms with Crippen LogP contribution in [0.1, 0.15) is 0 Å². The average Bonchev–Trinajstić information content (AvgIpc) is 3.00. The van der Waals surface area contributed by atoms with Gasteiger partial charge in [-0.25, -0.2) is 19.9 Å². The number of hydrogen-bond donors (Lipinski definition) is 0. The molecule has 0 aliphatic carbocycles. The normalized spacial score (nSPS) is 11.5. The molecule has 1 aromatic carbocycles. The van der Waals surface area contributed by atoms with Gasteiger partial charge in [0, 0.05) is 29.5 Å². The van der Waals surface area contributed by atoms with Crippen LogP contribution in [0.25, 0.3) is 44.5 Å². The van der Waals surface area contributed by atoms with E-state index in [2.05, 4.69) is 24.9 Å². The van der Waals surface area contributed by atoms with Crippen LogP contribution >= 0.6 is 0 Å². The SMILES string of the molecule is c1cnc2c(-c3ncnc4c3oc3nccnc34)cccc2c1. The molecule has 0 saturated heterocycles. The number of rotatable bonds is 1. The third-order valence-electron chi connectivity index (χ3n) is 3.78. The molecule has 0 amide bonds. The molecule has 0 radical (unpaired) electrons. The maximum absolute atomic E-state index is 5.86. The second kappa shape index (κ2) is 4.54. The molecule has 4 heterocycles. The number of aromatic nitrogens is 5. The smallest absolute Gasteiger partial charge is 0.248 e. The molecule has 0 N–H and O–H groups in total. The molecule has 6 heteroatoms. The van der Waals surface area contributed by atoms with Crippen LogP contribution in [0.3, 0.4) is 0 Å². The van der Waals surface area contributed by atoms with E-state index >= 15 is 0 Å². The van der Waals surface area contributed by atoms with Gasteiger partial charge in [0.05, 0.1) is 5.52 Å². The molecule has 0 fully saturated rings. The summed E-state index contributed by atoms with van der Waals surface area (Å²) < 4.78 is 5.86. The highest BCUT2D eigenvalue weighted by Crippen LogP contribution is 2.33. The van der Waals surface area contributed by atoms with Crippen molar-refractivity contribution < 1.29 is 4.42 Å². The van der Waals surface area contributed by atoms with E-state index in [0.717, 1.165) is 16.5 Å². The van der Waals surface area contributed by atoms with Crippen molar-refractivity contribution in [3.8, 4) is 11.3 Å². The highest BCUT2D eigenvalue weighted by Gasteiger charge is 2.17. The highest BCUT2D eigenvalue weighted by molar-refractivity contribution is 6.06. The lowest BCUT2D eigenvalue weighted by Gasteiger charge is -2.04. The quantitative estimate of drug-likeness (QED) is 0.472. The van der Waals surface area contributed by atoms with Gasteiger partial charge in [0.1, 0.15) is 17.5 Å². The van der Waals surface area contributed by atoms with Crippen molar-refractivity contribution in [3.05, 3.63) is 55.2 Å². The van der Waals surface area contributed by atoms with Crippen LogP contribution in [0, 0.1) is 0 Å². The largest absolute Gasteiger partial charge is 0.432 e. The zero-order chi connectivity index (χ0) is 15.2. The third-order valence-corrected chi connectivity index (χ3v) is 3.78. The van der Waals surface area contributed by atoms with Crippen molar-refractivity contribution >= 4 is 33.2 Å². The Bertz CT molecular complexity index is 1180. The number of hydrogen-bond acceptors (Lipinski definition) is 6. The van der Waals surface area contributed by atoms with Crippen molar-refractivity contribution in [1.82, 2.24) is 24.9 Å². The van der Waals surface area contributed by atoms with E-state index in [0.29, 0.717) is 28.0 Å². The van der Waals surface area contributed by atoms with Crippen LogP contribution in [0.15, 0.2) is 59.7 Å². The first kappa shape index (κ1) is 12.2. The summed E-state index contributed by atoms with van der Waals surface area (Å²) in [6, 6.07) is 9.91. The number of fused-ring (bicyclic) bond motifs is 4. The van der Waals surface area contributed by atoms with Crippen LogP contribution in [0.4, 0.5) is 0 Å². The standard InChI is InChI=1S/C17H9N5O/c1-3-10-4-2-6-18-12(10)11(5-1)13-16-14(22-9-21-13)15-17(23-16)20-8-7-19-15/h1-9H. The Morgan fingerprint density at radius 1 is 0.696 bits per heavy atom. The van der Waals surface area contributed by atoms with Gasteiger partial charge in [-0.05, 0) is 6.07 Å². The number of para-hydroxylation sites is 1. The number of benzene rings is 1. The molecule has 0 aliphatic heterocycles. The molecular formula is C17H9N5O. The van der Waals surface area contributed by atoms with Crippen LogP contribution in [0.5, 0.6) is 0 Å². The summed E-state index contributed by atoms with van der Waals surface area (Å²) in [5.74, 6) is 0. The molecular weight excluding hydrogens is 290 g/mol. The molecule has 5 aromatic rings. The van der Waals surface area contributed by atoms with Crippen molar-refractivity contribution in [2.75, 3.05) is 0 Å². The summed E-state index contributed by atoms with van der Waals surface area (Å²) in [5.41, 5.74) is 4.79. The predicted molar refractivity (Wildman–Crippen MR) is 85.6 cm³/mol. The predicted octanol–water partition coefficient (Wildman–Crippen LogP) is 3.38. The van der Waals surface area contributed by atoms with E-state index < -0.39 is 0 Å². The fraction of sp³-hybridized carbons (Fsp3) is 0. The lowest BCUT2D eigenvalue weighted by molar-refractivity contribution is 0.651. The Kier molecular flexibility index (Phi) is 2.40. The molecule has 23 heavy (non-hydrogen) atoms. The molecule has 0 aliphatic rings. The van der Waals surface area contributed by atoms with Crippen molar-refractivity contribution in [2.45, 2.75) is 0 Å². The summed E-state index contributed by atoms with van der Waals surface area (Å²) >= 11 is 0. The number of furan rings is 1. The zero-order valence-corrected chi connectivity index (χ0v) is 11.8. The maximum Gasteiger partial charge on any atom is 0.248 e. The Labute approximate surface area is 129 Å². The monoisotopic (exact) mass is 299 g/mol. The van der Waals surface area contributed by atoms with Gasteiger partial charge in [-0.2, -0.15) is 0 Å². The van der Waals surface area contributed by atoms with E-state index in [1.807, 2.05) is 30.3 Å². The highest BCUT2D eigenvalue weighted by atomic mass is 16.3. The van der Waals surface area contributed by atoms with Gasteiger partial charge < -0.3 is 4.42 Å². The topological polar surface area (TPSA) is 77.6 Å². The Hall–Kier alpha value is -3.41. The Morgan fingerprint density at radius 2 is 1.57 bits per heavy atom. The molecule has 0 unspecified atom stereocenters. The lowest BCUT2D eigenvalue weighted by atomic mass is 10.1. The van der Waals surface area contributed by atoms with Gasteiger partial charge in [-0.3, -0.25) is 4.98 Å².